The zero-order valence-electron chi connectivity index (χ0n) is 11.8. The summed E-state index contributed by atoms with van der Waals surface area (Å²) in [5, 5.41) is 8.79. The molecule has 1 unspecified atom stereocenters. The lowest BCUT2D eigenvalue weighted by molar-refractivity contribution is 0.485. The fraction of sp³-hybridized carbons (Fsp3) is 0.500. The number of hydrogen-bond donors (Lipinski definition) is 2. The molecule has 0 spiro atoms. The van der Waals surface area contributed by atoms with Gasteiger partial charge < -0.3 is 5.73 Å². The first-order valence-electron chi connectivity index (χ1n) is 6.54. The molecule has 0 saturated carbocycles. The molecule has 0 aliphatic heterocycles. The summed E-state index contributed by atoms with van der Waals surface area (Å²) in [6, 6.07) is 8.39. The van der Waals surface area contributed by atoms with Crippen molar-refractivity contribution in [1.82, 2.24) is 4.72 Å². The maximum absolute atomic E-state index is 11.9. The molecule has 0 saturated heterocycles. The van der Waals surface area contributed by atoms with E-state index in [-0.39, 0.29) is 18.3 Å². The van der Waals surface area contributed by atoms with Crippen LogP contribution in [0.4, 0.5) is 0 Å². The minimum absolute atomic E-state index is 0.142. The fourth-order valence-electron chi connectivity index (χ4n) is 1.92. The Hall–Kier alpha value is -1.42. The molecule has 1 atom stereocenters. The van der Waals surface area contributed by atoms with Crippen molar-refractivity contribution in [2.75, 3.05) is 6.54 Å². The molecule has 6 heteroatoms. The van der Waals surface area contributed by atoms with E-state index in [0.29, 0.717) is 17.0 Å². The molecule has 0 fully saturated rings. The number of hydrogen-bond acceptors (Lipinski definition) is 4. The number of rotatable bonds is 7. The smallest absolute Gasteiger partial charge is 0.215 e. The standard InChI is InChI=1S/C14H21N3O2S/c1-11(2)6-14(16)9-17-20(18,19)10-13-5-3-4-12(7-13)8-15/h3-5,7,11,14,17H,6,9-10,16H2,1-2H3. The van der Waals surface area contributed by atoms with Crippen LogP contribution in [0.2, 0.25) is 0 Å². The number of benzene rings is 1. The Morgan fingerprint density at radius 3 is 2.70 bits per heavy atom. The first kappa shape index (κ1) is 16.6. The van der Waals surface area contributed by atoms with Crippen LogP contribution in [-0.2, 0) is 15.8 Å². The van der Waals surface area contributed by atoms with Gasteiger partial charge in [-0.1, -0.05) is 26.0 Å². The summed E-state index contributed by atoms with van der Waals surface area (Å²) >= 11 is 0. The minimum atomic E-state index is -3.43. The molecular formula is C14H21N3O2S. The van der Waals surface area contributed by atoms with Crippen molar-refractivity contribution in [3.63, 3.8) is 0 Å². The number of nitriles is 1. The quantitative estimate of drug-likeness (QED) is 0.793. The van der Waals surface area contributed by atoms with E-state index in [9.17, 15) is 8.42 Å². The van der Waals surface area contributed by atoms with Crippen LogP contribution >= 0.6 is 0 Å². The third-order valence-electron chi connectivity index (χ3n) is 2.75. The molecule has 20 heavy (non-hydrogen) atoms. The molecule has 1 aromatic rings. The van der Waals surface area contributed by atoms with Gasteiger partial charge in [-0.05, 0) is 30.0 Å². The molecule has 0 aliphatic rings. The van der Waals surface area contributed by atoms with Crippen molar-refractivity contribution in [3.8, 4) is 6.07 Å². The minimum Gasteiger partial charge on any atom is -0.327 e. The van der Waals surface area contributed by atoms with Gasteiger partial charge in [-0.3, -0.25) is 0 Å². The predicted octanol–water partition coefficient (Wildman–Crippen LogP) is 1.35. The number of nitrogens with two attached hydrogens (primary N) is 1. The van der Waals surface area contributed by atoms with Crippen molar-refractivity contribution >= 4 is 10.0 Å². The lowest BCUT2D eigenvalue weighted by Crippen LogP contribution is -2.38. The van der Waals surface area contributed by atoms with Crippen molar-refractivity contribution in [2.45, 2.75) is 32.1 Å². The highest BCUT2D eigenvalue weighted by molar-refractivity contribution is 7.88. The third-order valence-corrected chi connectivity index (χ3v) is 4.07. The van der Waals surface area contributed by atoms with Crippen LogP contribution in [0, 0.1) is 17.2 Å². The summed E-state index contributed by atoms with van der Waals surface area (Å²) in [7, 11) is -3.43. The van der Waals surface area contributed by atoms with E-state index >= 15 is 0 Å². The molecule has 3 N–H and O–H groups in total. The Morgan fingerprint density at radius 1 is 1.40 bits per heavy atom. The molecule has 0 heterocycles. The molecule has 1 aromatic carbocycles. The monoisotopic (exact) mass is 295 g/mol. The lowest BCUT2D eigenvalue weighted by Gasteiger charge is -2.15. The van der Waals surface area contributed by atoms with Gasteiger partial charge in [0.15, 0.2) is 0 Å². The Bertz CT molecular complexity index is 576. The second-order valence-electron chi connectivity index (χ2n) is 5.31. The van der Waals surface area contributed by atoms with E-state index in [2.05, 4.69) is 4.72 Å². The largest absolute Gasteiger partial charge is 0.327 e. The zero-order valence-corrected chi connectivity index (χ0v) is 12.7. The summed E-state index contributed by atoms with van der Waals surface area (Å²) in [6.07, 6.45) is 0.770. The molecule has 0 amide bonds. The molecule has 0 aliphatic carbocycles. The van der Waals surface area contributed by atoms with Crippen LogP contribution < -0.4 is 10.5 Å². The van der Waals surface area contributed by atoms with E-state index in [0.717, 1.165) is 6.42 Å². The van der Waals surface area contributed by atoms with Gasteiger partial charge in [-0.2, -0.15) is 5.26 Å². The molecule has 0 radical (unpaired) electrons. The molecule has 0 bridgehead atoms. The van der Waals surface area contributed by atoms with Crippen molar-refractivity contribution in [3.05, 3.63) is 35.4 Å². The van der Waals surface area contributed by atoms with Crippen LogP contribution in [0.25, 0.3) is 0 Å². The van der Waals surface area contributed by atoms with Gasteiger partial charge in [0.1, 0.15) is 0 Å². The van der Waals surface area contributed by atoms with Gasteiger partial charge >= 0.3 is 0 Å². The van der Waals surface area contributed by atoms with Crippen LogP contribution in [0.15, 0.2) is 24.3 Å². The Labute approximate surface area is 120 Å². The molecule has 110 valence electrons. The van der Waals surface area contributed by atoms with Crippen LogP contribution in [0.3, 0.4) is 0 Å². The first-order chi connectivity index (χ1) is 9.32. The van der Waals surface area contributed by atoms with Crippen LogP contribution in [0.5, 0.6) is 0 Å². The normalized spacial score (nSPS) is 13.2. The number of nitrogens with one attached hydrogen (secondary N) is 1. The van der Waals surface area contributed by atoms with Crippen molar-refractivity contribution in [2.24, 2.45) is 11.7 Å². The summed E-state index contributed by atoms with van der Waals surface area (Å²) < 4.78 is 26.4. The Balaban J connectivity index is 2.59. The maximum atomic E-state index is 11.9. The van der Waals surface area contributed by atoms with Gasteiger partial charge in [0.05, 0.1) is 17.4 Å². The van der Waals surface area contributed by atoms with E-state index in [4.69, 9.17) is 11.0 Å². The molecular weight excluding hydrogens is 274 g/mol. The maximum Gasteiger partial charge on any atom is 0.215 e. The van der Waals surface area contributed by atoms with Gasteiger partial charge in [0, 0.05) is 12.6 Å². The van der Waals surface area contributed by atoms with Crippen LogP contribution in [0.1, 0.15) is 31.4 Å². The number of nitrogens with zero attached hydrogens (tertiary/aromatic N) is 1. The summed E-state index contributed by atoms with van der Waals surface area (Å²) in [4.78, 5) is 0. The van der Waals surface area contributed by atoms with Gasteiger partial charge in [0.25, 0.3) is 0 Å². The van der Waals surface area contributed by atoms with E-state index in [1.165, 1.54) is 0 Å². The van der Waals surface area contributed by atoms with Gasteiger partial charge in [-0.15, -0.1) is 0 Å². The number of sulfonamides is 1. The van der Waals surface area contributed by atoms with Crippen molar-refractivity contribution in [1.29, 1.82) is 5.26 Å². The van der Waals surface area contributed by atoms with E-state index in [1.54, 1.807) is 24.3 Å². The molecule has 0 aromatic heterocycles. The molecule has 5 nitrogen and oxygen atoms in total. The van der Waals surface area contributed by atoms with Crippen molar-refractivity contribution < 1.29 is 8.42 Å². The zero-order chi connectivity index (χ0) is 15.2. The van der Waals surface area contributed by atoms with Gasteiger partial charge in [-0.25, -0.2) is 13.1 Å². The van der Waals surface area contributed by atoms with E-state index in [1.807, 2.05) is 19.9 Å². The second-order valence-corrected chi connectivity index (χ2v) is 7.12. The Morgan fingerprint density at radius 2 is 2.10 bits per heavy atom. The van der Waals surface area contributed by atoms with Crippen LogP contribution in [-0.4, -0.2) is 21.0 Å². The second kappa shape index (κ2) is 7.39. The average Bonchev–Trinajstić information content (AvgIpc) is 2.35. The average molecular weight is 295 g/mol. The highest BCUT2D eigenvalue weighted by Gasteiger charge is 2.14. The highest BCUT2D eigenvalue weighted by atomic mass is 32.2. The predicted molar refractivity (Wildman–Crippen MR) is 79.2 cm³/mol. The Kier molecular flexibility index (Phi) is 6.14. The van der Waals surface area contributed by atoms with E-state index < -0.39 is 10.0 Å². The molecule has 1 rings (SSSR count). The first-order valence-corrected chi connectivity index (χ1v) is 8.19. The highest BCUT2D eigenvalue weighted by Crippen LogP contribution is 2.08. The topological polar surface area (TPSA) is 96.0 Å². The third kappa shape index (κ3) is 6.15. The SMILES string of the molecule is CC(C)CC(N)CNS(=O)(=O)Cc1cccc(C#N)c1. The fourth-order valence-corrected chi connectivity index (χ4v) is 3.11. The summed E-state index contributed by atoms with van der Waals surface area (Å²) in [5.41, 5.74) is 6.90. The lowest BCUT2D eigenvalue weighted by atomic mass is 10.1. The van der Waals surface area contributed by atoms with Gasteiger partial charge in [0.2, 0.25) is 10.0 Å². The summed E-state index contributed by atoms with van der Waals surface area (Å²) in [6.45, 7) is 4.32. The summed E-state index contributed by atoms with van der Waals surface area (Å²) in [5.74, 6) is 0.290.